The Balaban J connectivity index is 2.38. The van der Waals surface area contributed by atoms with Gasteiger partial charge in [-0.15, -0.1) is 0 Å². The van der Waals surface area contributed by atoms with E-state index in [0.717, 1.165) is 11.1 Å². The first kappa shape index (κ1) is 9.90. The zero-order chi connectivity index (χ0) is 11.0. The Morgan fingerprint density at radius 2 is 2.20 bits per heavy atom. The monoisotopic (exact) mass is 204 g/mol. The number of aryl methyl sites for hydroxylation is 1. The number of benzene rings is 1. The molecule has 1 atom stereocenters. The van der Waals surface area contributed by atoms with Gasteiger partial charge in [0.2, 0.25) is 0 Å². The van der Waals surface area contributed by atoms with Crippen molar-refractivity contribution in [2.75, 3.05) is 7.11 Å². The van der Waals surface area contributed by atoms with Crippen LogP contribution in [0.2, 0.25) is 0 Å². The Morgan fingerprint density at radius 3 is 2.87 bits per heavy atom. The van der Waals surface area contributed by atoms with E-state index in [4.69, 9.17) is 0 Å². The number of methoxy groups -OCH3 is 1. The minimum absolute atomic E-state index is 0.111. The van der Waals surface area contributed by atoms with Gasteiger partial charge in [0.1, 0.15) is 5.92 Å². The van der Waals surface area contributed by atoms with Crippen LogP contribution in [0.15, 0.2) is 18.2 Å². The Kier molecular flexibility index (Phi) is 2.31. The third-order valence-corrected chi connectivity index (χ3v) is 2.76. The molecule has 0 radical (unpaired) electrons. The second kappa shape index (κ2) is 3.50. The molecule has 78 valence electrons. The predicted molar refractivity (Wildman–Crippen MR) is 54.7 cm³/mol. The van der Waals surface area contributed by atoms with Crippen molar-refractivity contribution in [3.05, 3.63) is 34.9 Å². The van der Waals surface area contributed by atoms with Crippen LogP contribution in [0.4, 0.5) is 0 Å². The minimum Gasteiger partial charge on any atom is -0.468 e. The number of fused-ring (bicyclic) bond motifs is 1. The maximum atomic E-state index is 11.8. The van der Waals surface area contributed by atoms with Crippen molar-refractivity contribution in [3.8, 4) is 0 Å². The van der Waals surface area contributed by atoms with Crippen LogP contribution >= 0.6 is 0 Å². The van der Waals surface area contributed by atoms with E-state index in [9.17, 15) is 9.59 Å². The summed E-state index contributed by atoms with van der Waals surface area (Å²) < 4.78 is 4.61. The average molecular weight is 204 g/mol. The fourth-order valence-electron chi connectivity index (χ4n) is 1.93. The Morgan fingerprint density at radius 1 is 1.47 bits per heavy atom. The zero-order valence-corrected chi connectivity index (χ0v) is 8.74. The SMILES string of the molecule is COC(=O)[C@H]1Cc2ccc(C)cc2C1=O. The Bertz CT molecular complexity index is 434. The lowest BCUT2D eigenvalue weighted by molar-refractivity contribution is -0.143. The third-order valence-electron chi connectivity index (χ3n) is 2.76. The maximum Gasteiger partial charge on any atom is 0.316 e. The van der Waals surface area contributed by atoms with Crippen molar-refractivity contribution in [2.24, 2.45) is 5.92 Å². The number of carbonyl (C=O) groups excluding carboxylic acids is 2. The van der Waals surface area contributed by atoms with Gasteiger partial charge in [0.25, 0.3) is 0 Å². The van der Waals surface area contributed by atoms with Gasteiger partial charge in [0, 0.05) is 5.56 Å². The molecule has 0 heterocycles. The molecule has 3 nitrogen and oxygen atoms in total. The molecule has 0 fully saturated rings. The standard InChI is InChI=1S/C12H12O3/c1-7-3-4-8-6-10(12(14)15-2)11(13)9(8)5-7/h3-5,10H,6H2,1-2H3/t10-/m0/s1. The highest BCUT2D eigenvalue weighted by molar-refractivity contribution is 6.12. The molecule has 15 heavy (non-hydrogen) atoms. The number of Topliss-reactive ketones (excluding diaryl/α,β-unsaturated/α-hetero) is 1. The predicted octanol–water partition coefficient (Wildman–Crippen LogP) is 1.52. The number of carbonyl (C=O) groups is 2. The summed E-state index contributed by atoms with van der Waals surface area (Å²) >= 11 is 0. The van der Waals surface area contributed by atoms with Crippen LogP contribution in [0.1, 0.15) is 21.5 Å². The normalized spacial score (nSPS) is 18.8. The molecule has 2 rings (SSSR count). The summed E-state index contributed by atoms with van der Waals surface area (Å²) in [5.41, 5.74) is 2.65. The molecule has 0 unspecified atom stereocenters. The molecule has 1 aliphatic carbocycles. The summed E-state index contributed by atoms with van der Waals surface area (Å²) in [6.45, 7) is 1.93. The van der Waals surface area contributed by atoms with Gasteiger partial charge >= 0.3 is 5.97 Å². The smallest absolute Gasteiger partial charge is 0.316 e. The molecule has 0 amide bonds. The zero-order valence-electron chi connectivity index (χ0n) is 8.74. The topological polar surface area (TPSA) is 43.4 Å². The van der Waals surface area contributed by atoms with Crippen molar-refractivity contribution >= 4 is 11.8 Å². The number of hydrogen-bond acceptors (Lipinski definition) is 3. The van der Waals surface area contributed by atoms with E-state index >= 15 is 0 Å². The highest BCUT2D eigenvalue weighted by atomic mass is 16.5. The molecule has 0 aromatic heterocycles. The van der Waals surface area contributed by atoms with Crippen molar-refractivity contribution in [1.29, 1.82) is 0 Å². The number of ketones is 1. The van der Waals surface area contributed by atoms with Crippen molar-refractivity contribution < 1.29 is 14.3 Å². The second-order valence-corrected chi connectivity index (χ2v) is 3.80. The number of ether oxygens (including phenoxy) is 1. The second-order valence-electron chi connectivity index (χ2n) is 3.80. The fraction of sp³-hybridized carbons (Fsp3) is 0.333. The van der Waals surface area contributed by atoms with Crippen LogP contribution in [0.25, 0.3) is 0 Å². The van der Waals surface area contributed by atoms with E-state index in [1.807, 2.05) is 25.1 Å². The van der Waals surface area contributed by atoms with Gasteiger partial charge in [0.15, 0.2) is 5.78 Å². The first-order chi connectivity index (χ1) is 7.13. The van der Waals surface area contributed by atoms with Crippen LogP contribution in [-0.2, 0) is 16.0 Å². The van der Waals surface area contributed by atoms with Gasteiger partial charge in [-0.25, -0.2) is 0 Å². The van der Waals surface area contributed by atoms with E-state index in [0.29, 0.717) is 12.0 Å². The van der Waals surface area contributed by atoms with Crippen molar-refractivity contribution in [3.63, 3.8) is 0 Å². The average Bonchev–Trinajstić information content (AvgIpc) is 2.55. The van der Waals surface area contributed by atoms with Gasteiger partial charge < -0.3 is 4.74 Å². The highest BCUT2D eigenvalue weighted by Gasteiger charge is 2.36. The summed E-state index contributed by atoms with van der Waals surface area (Å²) in [4.78, 5) is 23.2. The molecule has 0 aliphatic heterocycles. The first-order valence-corrected chi connectivity index (χ1v) is 4.85. The molecule has 3 heteroatoms. The van der Waals surface area contributed by atoms with E-state index in [-0.39, 0.29) is 5.78 Å². The van der Waals surface area contributed by atoms with Gasteiger partial charge in [-0.05, 0) is 25.0 Å². The van der Waals surface area contributed by atoms with Crippen LogP contribution in [0, 0.1) is 12.8 Å². The van der Waals surface area contributed by atoms with Crippen molar-refractivity contribution in [2.45, 2.75) is 13.3 Å². The summed E-state index contributed by atoms with van der Waals surface area (Å²) in [5.74, 6) is -1.18. The highest BCUT2D eigenvalue weighted by Crippen LogP contribution is 2.28. The molecule has 0 saturated carbocycles. The molecular formula is C12H12O3. The molecule has 0 saturated heterocycles. The van der Waals surface area contributed by atoms with Gasteiger partial charge in [-0.2, -0.15) is 0 Å². The lowest BCUT2D eigenvalue weighted by atomic mass is 10.1. The first-order valence-electron chi connectivity index (χ1n) is 4.85. The largest absolute Gasteiger partial charge is 0.468 e. The van der Waals surface area contributed by atoms with Gasteiger partial charge in [-0.1, -0.05) is 17.7 Å². The van der Waals surface area contributed by atoms with Crippen molar-refractivity contribution in [1.82, 2.24) is 0 Å². The van der Waals surface area contributed by atoms with Crippen LogP contribution < -0.4 is 0 Å². The van der Waals surface area contributed by atoms with Gasteiger partial charge in [-0.3, -0.25) is 9.59 Å². The summed E-state index contributed by atoms with van der Waals surface area (Å²) in [6, 6.07) is 5.69. The quantitative estimate of drug-likeness (QED) is 0.514. The lowest BCUT2D eigenvalue weighted by Gasteiger charge is -2.03. The Hall–Kier alpha value is -1.64. The molecule has 1 aromatic rings. The Labute approximate surface area is 88.1 Å². The van der Waals surface area contributed by atoms with E-state index in [1.54, 1.807) is 0 Å². The molecule has 1 aromatic carbocycles. The number of hydrogen-bond donors (Lipinski definition) is 0. The minimum atomic E-state index is -0.633. The third kappa shape index (κ3) is 1.54. The molecule has 0 spiro atoms. The van der Waals surface area contributed by atoms with Gasteiger partial charge in [0.05, 0.1) is 7.11 Å². The molecule has 0 N–H and O–H groups in total. The molecule has 0 bridgehead atoms. The van der Waals surface area contributed by atoms with Crippen LogP contribution in [0.5, 0.6) is 0 Å². The maximum absolute atomic E-state index is 11.8. The summed E-state index contributed by atoms with van der Waals surface area (Å²) in [5, 5.41) is 0. The van der Waals surface area contributed by atoms with Crippen LogP contribution in [0.3, 0.4) is 0 Å². The molecular weight excluding hydrogens is 192 g/mol. The van der Waals surface area contributed by atoms with E-state index in [2.05, 4.69) is 4.74 Å². The lowest BCUT2D eigenvalue weighted by Crippen LogP contribution is -2.21. The number of rotatable bonds is 1. The van der Waals surface area contributed by atoms with E-state index in [1.165, 1.54) is 7.11 Å². The van der Waals surface area contributed by atoms with Crippen LogP contribution in [-0.4, -0.2) is 18.9 Å². The summed E-state index contributed by atoms with van der Waals surface area (Å²) in [7, 11) is 1.31. The molecule has 1 aliphatic rings. The number of esters is 1. The van der Waals surface area contributed by atoms with E-state index < -0.39 is 11.9 Å². The summed E-state index contributed by atoms with van der Waals surface area (Å²) in [6.07, 6.45) is 0.473. The fourth-order valence-corrected chi connectivity index (χ4v) is 1.93.